The van der Waals surface area contributed by atoms with Gasteiger partial charge in [0, 0.05) is 23.5 Å². The summed E-state index contributed by atoms with van der Waals surface area (Å²) in [6.45, 7) is 0.584. The molecule has 0 fully saturated rings. The van der Waals surface area contributed by atoms with Crippen LogP contribution in [0.15, 0.2) is 52.3 Å². The minimum atomic E-state index is -3.62. The number of para-hydroxylation sites is 1. The first-order valence-electron chi connectivity index (χ1n) is 8.62. The van der Waals surface area contributed by atoms with Crippen LogP contribution in [0.25, 0.3) is 0 Å². The van der Waals surface area contributed by atoms with Crippen LogP contribution >= 0.6 is 11.8 Å². The highest BCUT2D eigenvalue weighted by Crippen LogP contribution is 2.33. The fraction of sp³-hybridized carbons (Fsp3) is 0.263. The van der Waals surface area contributed by atoms with Crippen LogP contribution in [-0.2, 0) is 25.8 Å². The molecule has 2 aromatic rings. The molecule has 0 atom stereocenters. The van der Waals surface area contributed by atoms with Crippen molar-refractivity contribution in [2.75, 3.05) is 28.3 Å². The average Bonchev–Trinajstić information content (AvgIpc) is 3.10. The van der Waals surface area contributed by atoms with Crippen LogP contribution in [0.5, 0.6) is 0 Å². The second-order valence-corrected chi connectivity index (χ2v) is 9.61. The lowest BCUT2D eigenvalue weighted by atomic mass is 10.2. The number of rotatable bonds is 4. The van der Waals surface area contributed by atoms with Crippen molar-refractivity contribution in [2.24, 2.45) is 0 Å². The molecular weight excluding hydrogens is 384 g/mol. The highest BCUT2D eigenvalue weighted by molar-refractivity contribution is 8.00. The number of sulfone groups is 1. The molecule has 2 amide bonds. The Morgan fingerprint density at radius 2 is 2.00 bits per heavy atom. The number of anilines is 2. The van der Waals surface area contributed by atoms with E-state index in [1.807, 2.05) is 24.3 Å². The van der Waals surface area contributed by atoms with Crippen molar-refractivity contribution in [1.29, 1.82) is 0 Å². The lowest BCUT2D eigenvalue weighted by Gasteiger charge is -2.18. The molecule has 2 aromatic carbocycles. The second kappa shape index (κ2) is 7.01. The Hall–Kier alpha value is -2.32. The number of amides is 2. The van der Waals surface area contributed by atoms with E-state index in [2.05, 4.69) is 5.32 Å². The normalized spacial score (nSPS) is 15.9. The van der Waals surface area contributed by atoms with E-state index in [1.54, 1.807) is 11.0 Å². The van der Waals surface area contributed by atoms with Gasteiger partial charge in [0.25, 0.3) is 0 Å². The Morgan fingerprint density at radius 3 is 2.85 bits per heavy atom. The van der Waals surface area contributed by atoms with Gasteiger partial charge in [-0.05, 0) is 36.2 Å². The standard InChI is InChI=1S/C19H18N2O4S2/c22-18-12-26-17-6-5-14(11-15(17)20-18)27(24,25)10-8-19(23)21-9-7-13-3-1-2-4-16(13)21/h1-6,11H,7-10,12H2,(H,20,22). The maximum Gasteiger partial charge on any atom is 0.234 e. The number of fused-ring (bicyclic) bond motifs is 2. The van der Waals surface area contributed by atoms with Crippen molar-refractivity contribution < 1.29 is 18.0 Å². The third-order valence-corrected chi connectivity index (χ3v) is 7.50. The van der Waals surface area contributed by atoms with Gasteiger partial charge in [-0.2, -0.15) is 0 Å². The number of carbonyl (C=O) groups is 2. The van der Waals surface area contributed by atoms with E-state index in [1.165, 1.54) is 23.9 Å². The zero-order valence-corrected chi connectivity index (χ0v) is 16.1. The number of carbonyl (C=O) groups excluding carboxylic acids is 2. The number of thioether (sulfide) groups is 1. The third-order valence-electron chi connectivity index (χ3n) is 4.72. The summed E-state index contributed by atoms with van der Waals surface area (Å²) in [6.07, 6.45) is 0.714. The van der Waals surface area contributed by atoms with Gasteiger partial charge in [0.05, 0.1) is 22.1 Å². The molecule has 2 heterocycles. The molecule has 2 aliphatic heterocycles. The number of nitrogens with zero attached hydrogens (tertiary/aromatic N) is 1. The SMILES string of the molecule is O=C1CSc2ccc(S(=O)(=O)CCC(=O)N3CCc4ccccc43)cc2N1. The van der Waals surface area contributed by atoms with E-state index in [9.17, 15) is 18.0 Å². The summed E-state index contributed by atoms with van der Waals surface area (Å²) in [5, 5.41) is 2.69. The summed E-state index contributed by atoms with van der Waals surface area (Å²) in [6, 6.07) is 12.4. The van der Waals surface area contributed by atoms with Crippen LogP contribution < -0.4 is 10.2 Å². The van der Waals surface area contributed by atoms with Gasteiger partial charge in [0.15, 0.2) is 9.84 Å². The van der Waals surface area contributed by atoms with Gasteiger partial charge in [0.2, 0.25) is 11.8 Å². The topological polar surface area (TPSA) is 83.5 Å². The molecule has 0 unspecified atom stereocenters. The maximum atomic E-state index is 12.7. The van der Waals surface area contributed by atoms with Crippen LogP contribution in [0.1, 0.15) is 12.0 Å². The van der Waals surface area contributed by atoms with Crippen LogP contribution in [0.3, 0.4) is 0 Å². The predicted molar refractivity (Wildman–Crippen MR) is 105 cm³/mol. The first-order valence-corrected chi connectivity index (χ1v) is 11.3. The molecule has 0 bridgehead atoms. The highest BCUT2D eigenvalue weighted by atomic mass is 32.2. The molecule has 0 saturated carbocycles. The van der Waals surface area contributed by atoms with Crippen LogP contribution in [0.2, 0.25) is 0 Å². The van der Waals surface area contributed by atoms with Gasteiger partial charge in [-0.15, -0.1) is 11.8 Å². The highest BCUT2D eigenvalue weighted by Gasteiger charge is 2.26. The summed E-state index contributed by atoms with van der Waals surface area (Å²) < 4.78 is 25.3. The Labute approximate surface area is 161 Å². The van der Waals surface area contributed by atoms with E-state index in [0.717, 1.165) is 22.6 Å². The molecule has 6 nitrogen and oxygen atoms in total. The van der Waals surface area contributed by atoms with Gasteiger partial charge in [-0.1, -0.05) is 18.2 Å². The van der Waals surface area contributed by atoms with Crippen molar-refractivity contribution in [1.82, 2.24) is 0 Å². The predicted octanol–water partition coefficient (Wildman–Crippen LogP) is 2.48. The minimum absolute atomic E-state index is 0.0745. The Bertz CT molecular complexity index is 1030. The van der Waals surface area contributed by atoms with Crippen molar-refractivity contribution in [3.63, 3.8) is 0 Å². The van der Waals surface area contributed by atoms with Gasteiger partial charge < -0.3 is 10.2 Å². The Kier molecular flexibility index (Phi) is 4.69. The molecule has 0 aliphatic carbocycles. The largest absolute Gasteiger partial charge is 0.324 e. The zero-order valence-electron chi connectivity index (χ0n) is 14.5. The maximum absolute atomic E-state index is 12.7. The van der Waals surface area contributed by atoms with Crippen LogP contribution in [0, 0.1) is 0 Å². The number of hydrogen-bond acceptors (Lipinski definition) is 5. The van der Waals surface area contributed by atoms with E-state index in [-0.39, 0.29) is 28.9 Å². The average molecular weight is 402 g/mol. The smallest absolute Gasteiger partial charge is 0.234 e. The molecule has 0 spiro atoms. The fourth-order valence-corrected chi connectivity index (χ4v) is 5.37. The number of hydrogen-bond donors (Lipinski definition) is 1. The minimum Gasteiger partial charge on any atom is -0.324 e. The lowest BCUT2D eigenvalue weighted by molar-refractivity contribution is -0.118. The van der Waals surface area contributed by atoms with Crippen molar-refractivity contribution in [3.8, 4) is 0 Å². The third kappa shape index (κ3) is 3.59. The van der Waals surface area contributed by atoms with Crippen LogP contribution in [-0.4, -0.2) is 38.3 Å². The molecule has 1 N–H and O–H groups in total. The van der Waals surface area contributed by atoms with E-state index < -0.39 is 9.84 Å². The first kappa shape index (κ1) is 18.1. The Morgan fingerprint density at radius 1 is 1.19 bits per heavy atom. The summed E-state index contributed by atoms with van der Waals surface area (Å²) in [4.78, 5) is 26.7. The molecule has 27 heavy (non-hydrogen) atoms. The van der Waals surface area contributed by atoms with Gasteiger partial charge in [0.1, 0.15) is 0 Å². The van der Waals surface area contributed by atoms with Crippen molar-refractivity contribution in [2.45, 2.75) is 22.6 Å². The van der Waals surface area contributed by atoms with Crippen LogP contribution in [0.4, 0.5) is 11.4 Å². The van der Waals surface area contributed by atoms with E-state index in [4.69, 9.17) is 0 Å². The molecule has 140 valence electrons. The summed E-state index contributed by atoms with van der Waals surface area (Å²) in [5.74, 6) is -0.273. The molecule has 0 saturated heterocycles. The number of nitrogens with one attached hydrogen (secondary N) is 1. The number of benzene rings is 2. The van der Waals surface area contributed by atoms with Gasteiger partial charge in [-0.25, -0.2) is 8.42 Å². The summed E-state index contributed by atoms with van der Waals surface area (Å²) in [5.41, 5.74) is 2.49. The molecule has 0 radical (unpaired) electrons. The van der Waals surface area contributed by atoms with Gasteiger partial charge in [-0.3, -0.25) is 9.59 Å². The summed E-state index contributed by atoms with van der Waals surface area (Å²) in [7, 11) is -3.62. The molecule has 0 aromatic heterocycles. The summed E-state index contributed by atoms with van der Waals surface area (Å²) >= 11 is 1.38. The quantitative estimate of drug-likeness (QED) is 0.849. The second-order valence-electron chi connectivity index (χ2n) is 6.49. The molecule has 8 heteroatoms. The monoisotopic (exact) mass is 402 g/mol. The van der Waals surface area contributed by atoms with Gasteiger partial charge >= 0.3 is 0 Å². The fourth-order valence-electron chi connectivity index (χ4n) is 3.33. The molecule has 2 aliphatic rings. The van der Waals surface area contributed by atoms with E-state index >= 15 is 0 Å². The first-order chi connectivity index (χ1) is 12.9. The van der Waals surface area contributed by atoms with Crippen molar-refractivity contribution >= 4 is 44.8 Å². The Balaban J connectivity index is 1.47. The van der Waals surface area contributed by atoms with E-state index in [0.29, 0.717) is 18.0 Å². The molecular formula is C19H18N2O4S2. The molecule has 4 rings (SSSR count). The lowest BCUT2D eigenvalue weighted by Crippen LogP contribution is -2.30. The zero-order chi connectivity index (χ0) is 19.0. The van der Waals surface area contributed by atoms with Crippen molar-refractivity contribution in [3.05, 3.63) is 48.0 Å².